The predicted octanol–water partition coefficient (Wildman–Crippen LogP) is 1.27. The van der Waals surface area contributed by atoms with Gasteiger partial charge in [0.1, 0.15) is 0 Å². The summed E-state index contributed by atoms with van der Waals surface area (Å²) in [7, 11) is 0. The van der Waals surface area contributed by atoms with E-state index in [1.165, 1.54) is 0 Å². The molecule has 0 aliphatic heterocycles. The van der Waals surface area contributed by atoms with Gasteiger partial charge in [-0.15, -0.1) is 0 Å². The summed E-state index contributed by atoms with van der Waals surface area (Å²) >= 11 is 0. The third-order valence-electron chi connectivity index (χ3n) is 3.92. The fraction of sp³-hybridized carbons (Fsp3) is 1.00. The molecule has 0 radical (unpaired) electrons. The lowest BCUT2D eigenvalue weighted by atomic mass is 9.66. The van der Waals surface area contributed by atoms with Crippen molar-refractivity contribution in [3.05, 3.63) is 0 Å². The number of aliphatic hydroxyl groups excluding tert-OH is 2. The molecule has 72 valence electrons. The van der Waals surface area contributed by atoms with Crippen molar-refractivity contribution >= 4 is 0 Å². The van der Waals surface area contributed by atoms with Gasteiger partial charge in [-0.25, -0.2) is 0 Å². The number of aliphatic hydroxyl groups is 2. The van der Waals surface area contributed by atoms with Crippen molar-refractivity contribution in [1.29, 1.82) is 0 Å². The smallest absolute Gasteiger partial charge is 0.0829 e. The van der Waals surface area contributed by atoms with Crippen molar-refractivity contribution in [2.45, 2.75) is 39.9 Å². The van der Waals surface area contributed by atoms with E-state index in [-0.39, 0.29) is 11.8 Å². The first kappa shape index (κ1) is 10.0. The number of hydrogen-bond acceptors (Lipinski definition) is 2. The normalized spacial score (nSPS) is 55.5. The van der Waals surface area contributed by atoms with Gasteiger partial charge in [0.15, 0.2) is 0 Å². The third-order valence-corrected chi connectivity index (χ3v) is 3.92. The van der Waals surface area contributed by atoms with E-state index >= 15 is 0 Å². The molecule has 0 aromatic carbocycles. The van der Waals surface area contributed by atoms with Crippen molar-refractivity contribution in [1.82, 2.24) is 0 Å². The molecule has 0 aromatic heterocycles. The summed E-state index contributed by atoms with van der Waals surface area (Å²) in [5.74, 6) is 1.43. The molecular weight excluding hydrogens is 152 g/mol. The summed E-state index contributed by atoms with van der Waals surface area (Å²) in [5, 5.41) is 19.3. The van der Waals surface area contributed by atoms with Gasteiger partial charge in [-0.1, -0.05) is 27.7 Å². The summed E-state index contributed by atoms with van der Waals surface area (Å²) in [5.41, 5.74) is 0. The molecule has 2 N–H and O–H groups in total. The van der Waals surface area contributed by atoms with Crippen LogP contribution in [0, 0.1) is 23.7 Å². The van der Waals surface area contributed by atoms with Crippen molar-refractivity contribution in [3.63, 3.8) is 0 Å². The summed E-state index contributed by atoms with van der Waals surface area (Å²) in [6.07, 6.45) is -1.07. The van der Waals surface area contributed by atoms with Crippen LogP contribution >= 0.6 is 0 Å². The molecule has 1 rings (SSSR count). The van der Waals surface area contributed by atoms with Crippen molar-refractivity contribution in [2.75, 3.05) is 0 Å². The Balaban J connectivity index is 2.76. The summed E-state index contributed by atoms with van der Waals surface area (Å²) in [4.78, 5) is 0. The zero-order valence-electron chi connectivity index (χ0n) is 8.36. The maximum absolute atomic E-state index is 9.65. The lowest BCUT2D eigenvalue weighted by Crippen LogP contribution is -2.49. The van der Waals surface area contributed by atoms with Crippen LogP contribution in [0.2, 0.25) is 0 Å². The van der Waals surface area contributed by atoms with Gasteiger partial charge < -0.3 is 10.2 Å². The van der Waals surface area contributed by atoms with Crippen LogP contribution in [0.15, 0.2) is 0 Å². The summed E-state index contributed by atoms with van der Waals surface area (Å²) in [6, 6.07) is 0. The highest BCUT2D eigenvalue weighted by Crippen LogP contribution is 2.38. The van der Waals surface area contributed by atoms with E-state index in [1.54, 1.807) is 0 Å². The Morgan fingerprint density at radius 2 is 0.833 bits per heavy atom. The quantitative estimate of drug-likeness (QED) is 0.577. The zero-order valence-corrected chi connectivity index (χ0v) is 8.36. The largest absolute Gasteiger partial charge is 0.390 e. The molecule has 4 unspecified atom stereocenters. The first-order valence-electron chi connectivity index (χ1n) is 4.83. The second-order valence-corrected chi connectivity index (χ2v) is 4.42. The van der Waals surface area contributed by atoms with Gasteiger partial charge in [0.2, 0.25) is 0 Å². The Morgan fingerprint density at radius 3 is 1.08 bits per heavy atom. The molecule has 2 nitrogen and oxygen atoms in total. The zero-order chi connectivity index (χ0) is 9.46. The Labute approximate surface area is 74.6 Å². The lowest BCUT2D eigenvalue weighted by Gasteiger charge is -2.43. The highest BCUT2D eigenvalue weighted by Gasteiger charge is 2.41. The Morgan fingerprint density at radius 1 is 0.583 bits per heavy atom. The maximum atomic E-state index is 9.65. The highest BCUT2D eigenvalue weighted by atomic mass is 16.3. The molecule has 1 aliphatic carbocycles. The van der Waals surface area contributed by atoms with Gasteiger partial charge in [0, 0.05) is 0 Å². The fourth-order valence-electron chi connectivity index (χ4n) is 2.20. The Bertz CT molecular complexity index is 99.4. The average Bonchev–Trinajstić information content (AvgIpc) is 2.08. The molecule has 0 amide bonds. The molecule has 0 saturated heterocycles. The highest BCUT2D eigenvalue weighted by molar-refractivity contribution is 4.90. The molecule has 0 heterocycles. The van der Waals surface area contributed by atoms with Crippen LogP contribution in [-0.2, 0) is 0 Å². The van der Waals surface area contributed by atoms with Crippen LogP contribution in [0.5, 0.6) is 0 Å². The molecule has 1 saturated carbocycles. The van der Waals surface area contributed by atoms with Gasteiger partial charge in [0.05, 0.1) is 12.2 Å². The van der Waals surface area contributed by atoms with E-state index in [0.29, 0.717) is 11.8 Å². The van der Waals surface area contributed by atoms with Crippen LogP contribution in [0.3, 0.4) is 0 Å². The molecule has 0 bridgehead atoms. The van der Waals surface area contributed by atoms with Crippen LogP contribution in [0.25, 0.3) is 0 Å². The van der Waals surface area contributed by atoms with Gasteiger partial charge in [-0.05, 0) is 23.7 Å². The van der Waals surface area contributed by atoms with Gasteiger partial charge in [-0.2, -0.15) is 0 Å². The maximum Gasteiger partial charge on any atom is 0.0829 e. The van der Waals surface area contributed by atoms with E-state index in [2.05, 4.69) is 13.8 Å². The molecular formula is C10H20O2. The minimum atomic E-state index is -0.536. The van der Waals surface area contributed by atoms with E-state index in [1.807, 2.05) is 13.8 Å². The molecule has 0 aromatic rings. The monoisotopic (exact) mass is 172 g/mol. The Kier molecular flexibility index (Phi) is 2.79. The van der Waals surface area contributed by atoms with Crippen molar-refractivity contribution in [2.24, 2.45) is 23.7 Å². The van der Waals surface area contributed by atoms with Crippen molar-refractivity contribution in [3.8, 4) is 0 Å². The molecule has 12 heavy (non-hydrogen) atoms. The first-order valence-corrected chi connectivity index (χ1v) is 4.83. The second kappa shape index (κ2) is 3.35. The molecule has 1 aliphatic rings. The van der Waals surface area contributed by atoms with Crippen LogP contribution in [0.4, 0.5) is 0 Å². The molecule has 2 heteroatoms. The molecule has 0 spiro atoms. The third kappa shape index (κ3) is 1.38. The summed E-state index contributed by atoms with van der Waals surface area (Å²) in [6.45, 7) is 8.34. The van der Waals surface area contributed by atoms with E-state index in [9.17, 15) is 10.2 Å². The van der Waals surface area contributed by atoms with E-state index in [0.717, 1.165) is 0 Å². The minimum absolute atomic E-state index is 0.214. The lowest BCUT2D eigenvalue weighted by molar-refractivity contribution is -0.109. The van der Waals surface area contributed by atoms with Gasteiger partial charge in [0.25, 0.3) is 0 Å². The van der Waals surface area contributed by atoms with Crippen molar-refractivity contribution < 1.29 is 10.2 Å². The standard InChI is InChI=1S/C10H20O2/c1-5-6(2)8(4)10(12)9(11)7(5)3/h5-12H,1-4H3/t5-,6?,7?,8+,9?,10?/m1/s1. The average molecular weight is 172 g/mol. The van der Waals surface area contributed by atoms with E-state index < -0.39 is 12.2 Å². The van der Waals surface area contributed by atoms with Crippen LogP contribution in [0.1, 0.15) is 27.7 Å². The minimum Gasteiger partial charge on any atom is -0.390 e. The number of hydrogen-bond donors (Lipinski definition) is 2. The predicted molar refractivity (Wildman–Crippen MR) is 48.7 cm³/mol. The first-order chi connectivity index (χ1) is 5.46. The van der Waals surface area contributed by atoms with Gasteiger partial charge in [-0.3, -0.25) is 0 Å². The second-order valence-electron chi connectivity index (χ2n) is 4.42. The summed E-state index contributed by atoms with van der Waals surface area (Å²) < 4.78 is 0. The number of rotatable bonds is 0. The Hall–Kier alpha value is -0.0800. The van der Waals surface area contributed by atoms with Crippen LogP contribution in [-0.4, -0.2) is 22.4 Å². The SMILES string of the molecule is CC1C(O)C(O)[C@@H](C)C(C)[C@H]1C. The van der Waals surface area contributed by atoms with E-state index in [4.69, 9.17) is 0 Å². The topological polar surface area (TPSA) is 40.5 Å². The van der Waals surface area contributed by atoms with Crippen LogP contribution < -0.4 is 0 Å². The molecule has 6 atom stereocenters. The fourth-order valence-corrected chi connectivity index (χ4v) is 2.20. The van der Waals surface area contributed by atoms with Gasteiger partial charge >= 0.3 is 0 Å². The molecule has 1 fully saturated rings.